The number of alkyl halides is 3. The normalized spacial score (nSPS) is 17.2. The molecule has 2 unspecified atom stereocenters. The summed E-state index contributed by atoms with van der Waals surface area (Å²) in [6, 6.07) is 7.23. The highest BCUT2D eigenvalue weighted by Crippen LogP contribution is 2.35. The molecular weight excluding hydrogens is 493 g/mol. The van der Waals surface area contributed by atoms with E-state index in [0.717, 1.165) is 27.9 Å². The fraction of sp³-hybridized carbons (Fsp3) is 0.462. The van der Waals surface area contributed by atoms with Gasteiger partial charge in [-0.2, -0.15) is 0 Å². The number of halogens is 4. The Morgan fingerprint density at radius 3 is 2.33 bits per heavy atom. The van der Waals surface area contributed by atoms with Crippen molar-refractivity contribution >= 4 is 23.1 Å². The van der Waals surface area contributed by atoms with Crippen LogP contribution in [0.4, 0.5) is 13.2 Å². The molecular formula is C26H30ClF3N4O2. The van der Waals surface area contributed by atoms with Gasteiger partial charge in [0, 0.05) is 55.9 Å². The number of hydrogen-bond donors (Lipinski definition) is 0. The first-order valence-electron chi connectivity index (χ1n) is 12.0. The van der Waals surface area contributed by atoms with Gasteiger partial charge in [-0.15, -0.1) is 0 Å². The molecule has 1 saturated heterocycles. The first-order chi connectivity index (χ1) is 17.1. The highest BCUT2D eigenvalue weighted by Gasteiger charge is 2.33. The Morgan fingerprint density at radius 2 is 1.72 bits per heavy atom. The molecule has 0 bridgehead atoms. The highest BCUT2D eigenvalue weighted by molar-refractivity contribution is 6.29. The van der Waals surface area contributed by atoms with Crippen LogP contribution in [-0.4, -0.2) is 70.2 Å². The van der Waals surface area contributed by atoms with E-state index in [0.29, 0.717) is 23.8 Å². The lowest BCUT2D eigenvalue weighted by Gasteiger charge is -2.39. The van der Waals surface area contributed by atoms with E-state index in [1.807, 2.05) is 42.6 Å². The van der Waals surface area contributed by atoms with Crippen LogP contribution in [0, 0.1) is 6.92 Å². The number of fused-ring (bicyclic) bond motifs is 1. The van der Waals surface area contributed by atoms with Crippen LogP contribution in [0.1, 0.15) is 48.4 Å². The number of ether oxygens (including phenoxy) is 1. The summed E-state index contributed by atoms with van der Waals surface area (Å²) < 4.78 is 47.1. The SMILES string of the molecule is Cc1c(C(=O)OC(C)C)cc2c(-c3ccnc(Cl)c3)ccn2c1C(C)N1CCN(C(F)C(F)F)CC1. The first-order valence-corrected chi connectivity index (χ1v) is 12.3. The molecule has 36 heavy (non-hydrogen) atoms. The zero-order valence-corrected chi connectivity index (χ0v) is 21.5. The molecule has 1 aliphatic rings. The summed E-state index contributed by atoms with van der Waals surface area (Å²) in [5, 5.41) is 0.361. The van der Waals surface area contributed by atoms with Crippen molar-refractivity contribution in [3.05, 3.63) is 58.6 Å². The summed E-state index contributed by atoms with van der Waals surface area (Å²) in [5.74, 6) is -0.416. The molecule has 3 aromatic heterocycles. The zero-order valence-electron chi connectivity index (χ0n) is 20.7. The van der Waals surface area contributed by atoms with Crippen LogP contribution in [0.2, 0.25) is 5.15 Å². The van der Waals surface area contributed by atoms with Gasteiger partial charge in [-0.25, -0.2) is 22.9 Å². The molecule has 1 fully saturated rings. The van der Waals surface area contributed by atoms with Crippen molar-refractivity contribution in [2.24, 2.45) is 0 Å². The van der Waals surface area contributed by atoms with Crippen LogP contribution < -0.4 is 0 Å². The van der Waals surface area contributed by atoms with Crippen molar-refractivity contribution in [2.75, 3.05) is 26.2 Å². The number of nitrogens with zero attached hydrogens (tertiary/aromatic N) is 4. The van der Waals surface area contributed by atoms with Crippen LogP contribution in [-0.2, 0) is 4.74 Å². The van der Waals surface area contributed by atoms with Crippen LogP contribution >= 0.6 is 11.6 Å². The van der Waals surface area contributed by atoms with Gasteiger partial charge in [-0.05, 0) is 63.1 Å². The smallest absolute Gasteiger partial charge is 0.338 e. The molecule has 10 heteroatoms. The van der Waals surface area contributed by atoms with Crippen LogP contribution in [0.25, 0.3) is 16.6 Å². The van der Waals surface area contributed by atoms with Gasteiger partial charge >= 0.3 is 5.97 Å². The van der Waals surface area contributed by atoms with Gasteiger partial charge in [0.05, 0.1) is 17.2 Å². The Kier molecular flexibility index (Phi) is 7.92. The van der Waals surface area contributed by atoms with Gasteiger partial charge in [0.15, 0.2) is 0 Å². The van der Waals surface area contributed by atoms with Crippen molar-refractivity contribution in [1.29, 1.82) is 0 Å². The van der Waals surface area contributed by atoms with Crippen molar-refractivity contribution in [1.82, 2.24) is 19.2 Å². The third kappa shape index (κ3) is 5.23. The fourth-order valence-corrected chi connectivity index (χ4v) is 5.06. The van der Waals surface area contributed by atoms with E-state index >= 15 is 0 Å². The molecule has 0 N–H and O–H groups in total. The van der Waals surface area contributed by atoms with E-state index in [4.69, 9.17) is 16.3 Å². The molecule has 4 heterocycles. The van der Waals surface area contributed by atoms with E-state index in [1.165, 1.54) is 4.90 Å². The summed E-state index contributed by atoms with van der Waals surface area (Å²) in [6.07, 6.45) is -2.00. The number of piperazine rings is 1. The quantitative estimate of drug-likeness (QED) is 0.224. The number of hydrogen-bond acceptors (Lipinski definition) is 5. The number of pyridine rings is 2. The van der Waals surface area contributed by atoms with Gasteiger partial charge in [0.1, 0.15) is 5.15 Å². The predicted octanol–water partition coefficient (Wildman–Crippen LogP) is 5.77. The maximum absolute atomic E-state index is 13.9. The Labute approximate surface area is 213 Å². The minimum Gasteiger partial charge on any atom is -0.459 e. The summed E-state index contributed by atoms with van der Waals surface area (Å²) in [4.78, 5) is 20.4. The Morgan fingerprint density at radius 1 is 1.06 bits per heavy atom. The third-order valence-electron chi connectivity index (χ3n) is 6.70. The minimum absolute atomic E-state index is 0.174. The van der Waals surface area contributed by atoms with E-state index in [2.05, 4.69) is 9.88 Å². The van der Waals surface area contributed by atoms with Crippen molar-refractivity contribution in [3.63, 3.8) is 0 Å². The molecule has 0 aromatic carbocycles. The minimum atomic E-state index is -3.03. The number of carbonyl (C=O) groups is 1. The molecule has 3 aromatic rings. The Hall–Kier alpha value is -2.62. The monoisotopic (exact) mass is 522 g/mol. The Bertz CT molecular complexity index is 1240. The molecule has 0 aliphatic carbocycles. The predicted molar refractivity (Wildman–Crippen MR) is 133 cm³/mol. The summed E-state index contributed by atoms with van der Waals surface area (Å²) in [6.45, 7) is 8.73. The summed E-state index contributed by atoms with van der Waals surface area (Å²) in [5.41, 5.74) is 4.66. The van der Waals surface area contributed by atoms with E-state index in [1.54, 1.807) is 26.1 Å². The molecule has 0 amide bonds. The second-order valence-corrected chi connectivity index (χ2v) is 9.72. The molecule has 2 atom stereocenters. The lowest BCUT2D eigenvalue weighted by molar-refractivity contribution is -0.0688. The van der Waals surface area contributed by atoms with E-state index in [9.17, 15) is 18.0 Å². The first kappa shape index (κ1) is 26.4. The van der Waals surface area contributed by atoms with Gasteiger partial charge in [-0.1, -0.05) is 11.6 Å². The average molecular weight is 523 g/mol. The van der Waals surface area contributed by atoms with Crippen LogP contribution in [0.5, 0.6) is 0 Å². The van der Waals surface area contributed by atoms with Gasteiger partial charge < -0.3 is 9.14 Å². The summed E-state index contributed by atoms with van der Waals surface area (Å²) >= 11 is 6.14. The highest BCUT2D eigenvalue weighted by atomic mass is 35.5. The molecule has 6 nitrogen and oxygen atoms in total. The summed E-state index contributed by atoms with van der Waals surface area (Å²) in [7, 11) is 0. The second kappa shape index (κ2) is 10.8. The van der Waals surface area contributed by atoms with Crippen molar-refractivity contribution in [2.45, 2.75) is 52.6 Å². The fourth-order valence-electron chi connectivity index (χ4n) is 4.89. The molecule has 1 aliphatic heterocycles. The largest absolute Gasteiger partial charge is 0.459 e. The molecule has 194 valence electrons. The third-order valence-corrected chi connectivity index (χ3v) is 6.91. The number of aromatic nitrogens is 2. The lowest BCUT2D eigenvalue weighted by Crippen LogP contribution is -2.51. The van der Waals surface area contributed by atoms with E-state index < -0.39 is 18.7 Å². The average Bonchev–Trinajstić information content (AvgIpc) is 3.26. The number of rotatable bonds is 7. The van der Waals surface area contributed by atoms with Crippen molar-refractivity contribution < 1.29 is 22.7 Å². The Balaban J connectivity index is 1.77. The number of esters is 1. The van der Waals surface area contributed by atoms with Crippen molar-refractivity contribution in [3.8, 4) is 11.1 Å². The topological polar surface area (TPSA) is 50.1 Å². The maximum atomic E-state index is 13.9. The maximum Gasteiger partial charge on any atom is 0.338 e. The van der Waals surface area contributed by atoms with Gasteiger partial charge in [0.2, 0.25) is 6.30 Å². The molecule has 4 rings (SSSR count). The number of carbonyl (C=O) groups excluding carboxylic acids is 1. The lowest BCUT2D eigenvalue weighted by atomic mass is 9.99. The standard InChI is InChI=1S/C26H30ClF3N4O2/c1-15(2)36-26(35)20-14-21-19(18-5-7-31-22(27)13-18)6-8-34(21)23(16(20)3)17(4)32-9-11-33(12-10-32)25(30)24(28)29/h5-8,13-15,17,24-25H,9-12H2,1-4H3. The van der Waals surface area contributed by atoms with Gasteiger partial charge in [0.25, 0.3) is 6.43 Å². The molecule has 0 spiro atoms. The zero-order chi connectivity index (χ0) is 26.1. The molecule has 0 saturated carbocycles. The van der Waals surface area contributed by atoms with E-state index in [-0.39, 0.29) is 25.2 Å². The van der Waals surface area contributed by atoms with Crippen LogP contribution in [0.15, 0.2) is 36.7 Å². The molecule has 0 radical (unpaired) electrons. The van der Waals surface area contributed by atoms with Gasteiger partial charge in [-0.3, -0.25) is 9.80 Å². The van der Waals surface area contributed by atoms with Crippen LogP contribution in [0.3, 0.4) is 0 Å². The second-order valence-electron chi connectivity index (χ2n) is 9.33.